The van der Waals surface area contributed by atoms with Gasteiger partial charge in [0.1, 0.15) is 5.69 Å². The maximum Gasteiger partial charge on any atom is 0.270 e. The predicted molar refractivity (Wildman–Crippen MR) is 78.1 cm³/mol. The molecule has 2 aromatic rings. The third kappa shape index (κ3) is 4.23. The standard InChI is InChI=1S/C15H15F2N3O2/c1-22-7-6-19-15(21)14-9-11(4-5-18-14)20-10-2-3-12(16)13(17)8-10/h2-5,8-9H,6-7H2,1H3,(H,18,20)(H,19,21). The van der Waals surface area contributed by atoms with Crippen molar-refractivity contribution in [2.45, 2.75) is 0 Å². The van der Waals surface area contributed by atoms with E-state index in [1.165, 1.54) is 25.4 Å². The molecule has 116 valence electrons. The normalized spacial score (nSPS) is 10.3. The first-order chi connectivity index (χ1) is 10.6. The Morgan fingerprint density at radius 3 is 2.68 bits per heavy atom. The van der Waals surface area contributed by atoms with Crippen LogP contribution in [0.5, 0.6) is 0 Å². The molecule has 0 saturated carbocycles. The highest BCUT2D eigenvalue weighted by Gasteiger charge is 2.08. The molecular weight excluding hydrogens is 292 g/mol. The van der Waals surface area contributed by atoms with E-state index in [1.807, 2.05) is 0 Å². The van der Waals surface area contributed by atoms with Gasteiger partial charge in [0.05, 0.1) is 6.61 Å². The van der Waals surface area contributed by atoms with E-state index >= 15 is 0 Å². The summed E-state index contributed by atoms with van der Waals surface area (Å²) < 4.78 is 30.9. The second-order valence-electron chi connectivity index (χ2n) is 4.43. The number of halogens is 2. The lowest BCUT2D eigenvalue weighted by Gasteiger charge is -2.08. The number of aromatic nitrogens is 1. The van der Waals surface area contributed by atoms with Gasteiger partial charge in [-0.1, -0.05) is 0 Å². The van der Waals surface area contributed by atoms with Crippen LogP contribution in [-0.4, -0.2) is 31.2 Å². The summed E-state index contributed by atoms with van der Waals surface area (Å²) in [6.07, 6.45) is 1.45. The van der Waals surface area contributed by atoms with Gasteiger partial charge in [-0.25, -0.2) is 8.78 Å². The van der Waals surface area contributed by atoms with Crippen molar-refractivity contribution >= 4 is 17.3 Å². The molecule has 0 radical (unpaired) electrons. The summed E-state index contributed by atoms with van der Waals surface area (Å²) >= 11 is 0. The number of pyridine rings is 1. The number of rotatable bonds is 6. The summed E-state index contributed by atoms with van der Waals surface area (Å²) in [5.74, 6) is -2.21. The molecule has 0 bridgehead atoms. The van der Waals surface area contributed by atoms with E-state index in [0.29, 0.717) is 24.5 Å². The maximum atomic E-state index is 13.2. The summed E-state index contributed by atoms with van der Waals surface area (Å²) in [4.78, 5) is 15.8. The van der Waals surface area contributed by atoms with Crippen LogP contribution in [0.15, 0.2) is 36.5 Å². The molecule has 0 spiro atoms. The zero-order valence-corrected chi connectivity index (χ0v) is 11.9. The topological polar surface area (TPSA) is 63.2 Å². The Bertz CT molecular complexity index is 665. The first-order valence-corrected chi connectivity index (χ1v) is 6.55. The van der Waals surface area contributed by atoms with Gasteiger partial charge >= 0.3 is 0 Å². The Labute approximate surface area is 126 Å². The molecule has 5 nitrogen and oxygen atoms in total. The van der Waals surface area contributed by atoms with Crippen LogP contribution in [0.3, 0.4) is 0 Å². The number of nitrogens with one attached hydrogen (secondary N) is 2. The molecule has 0 unspecified atom stereocenters. The fourth-order valence-electron chi connectivity index (χ4n) is 1.73. The van der Waals surface area contributed by atoms with Gasteiger partial charge in [0.15, 0.2) is 11.6 Å². The number of methoxy groups -OCH3 is 1. The molecule has 0 saturated heterocycles. The van der Waals surface area contributed by atoms with Gasteiger partial charge in [0, 0.05) is 37.3 Å². The molecule has 1 amide bonds. The number of ether oxygens (including phenoxy) is 1. The molecule has 0 aliphatic rings. The SMILES string of the molecule is COCCNC(=O)c1cc(Nc2ccc(F)c(F)c2)ccn1. The highest BCUT2D eigenvalue weighted by molar-refractivity contribution is 5.93. The van der Waals surface area contributed by atoms with Gasteiger partial charge < -0.3 is 15.4 Å². The van der Waals surface area contributed by atoms with E-state index in [9.17, 15) is 13.6 Å². The molecule has 2 rings (SSSR count). The number of carbonyl (C=O) groups is 1. The van der Waals surface area contributed by atoms with Crippen LogP contribution in [0.2, 0.25) is 0 Å². The predicted octanol–water partition coefficient (Wildman–Crippen LogP) is 2.48. The molecule has 0 aliphatic heterocycles. The summed E-state index contributed by atoms with van der Waals surface area (Å²) in [5, 5.41) is 5.53. The van der Waals surface area contributed by atoms with E-state index in [4.69, 9.17) is 4.74 Å². The van der Waals surface area contributed by atoms with Crippen LogP contribution in [0.1, 0.15) is 10.5 Å². The van der Waals surface area contributed by atoms with Crippen molar-refractivity contribution in [2.75, 3.05) is 25.6 Å². The number of benzene rings is 1. The summed E-state index contributed by atoms with van der Waals surface area (Å²) in [6, 6.07) is 6.60. The minimum absolute atomic E-state index is 0.212. The van der Waals surface area contributed by atoms with Crippen LogP contribution in [-0.2, 0) is 4.74 Å². The quantitative estimate of drug-likeness (QED) is 0.805. The molecular formula is C15H15F2N3O2. The summed E-state index contributed by atoms with van der Waals surface area (Å²) in [5.41, 5.74) is 1.12. The highest BCUT2D eigenvalue weighted by Crippen LogP contribution is 2.19. The lowest BCUT2D eigenvalue weighted by molar-refractivity contribution is 0.0932. The second kappa shape index (κ2) is 7.46. The largest absolute Gasteiger partial charge is 0.383 e. The van der Waals surface area contributed by atoms with Crippen molar-refractivity contribution in [3.63, 3.8) is 0 Å². The van der Waals surface area contributed by atoms with E-state index in [0.717, 1.165) is 12.1 Å². The number of carbonyl (C=O) groups excluding carboxylic acids is 1. The molecule has 0 atom stereocenters. The van der Waals surface area contributed by atoms with Gasteiger partial charge in [0.2, 0.25) is 0 Å². The zero-order valence-electron chi connectivity index (χ0n) is 11.9. The Morgan fingerprint density at radius 2 is 1.95 bits per heavy atom. The molecule has 0 aliphatic carbocycles. The van der Waals surface area contributed by atoms with Crippen LogP contribution < -0.4 is 10.6 Å². The Kier molecular flexibility index (Phi) is 5.37. The third-order valence-corrected chi connectivity index (χ3v) is 2.79. The van der Waals surface area contributed by atoms with Gasteiger partial charge in [-0.15, -0.1) is 0 Å². The number of hydrogen-bond donors (Lipinski definition) is 2. The van der Waals surface area contributed by atoms with Crippen LogP contribution in [0.25, 0.3) is 0 Å². The molecule has 1 aromatic carbocycles. The summed E-state index contributed by atoms with van der Waals surface area (Å²) in [7, 11) is 1.54. The Hall–Kier alpha value is -2.54. The highest BCUT2D eigenvalue weighted by atomic mass is 19.2. The average molecular weight is 307 g/mol. The molecule has 22 heavy (non-hydrogen) atoms. The minimum Gasteiger partial charge on any atom is -0.383 e. The van der Waals surface area contributed by atoms with Gasteiger partial charge in [-0.2, -0.15) is 0 Å². The average Bonchev–Trinajstić information content (AvgIpc) is 2.51. The third-order valence-electron chi connectivity index (χ3n) is 2.79. The van der Waals surface area contributed by atoms with Crippen molar-refractivity contribution in [2.24, 2.45) is 0 Å². The van der Waals surface area contributed by atoms with Gasteiger partial charge in [-0.05, 0) is 24.3 Å². The minimum atomic E-state index is -0.948. The van der Waals surface area contributed by atoms with Crippen LogP contribution in [0, 0.1) is 11.6 Å². The zero-order chi connectivity index (χ0) is 15.9. The molecule has 7 heteroatoms. The monoisotopic (exact) mass is 307 g/mol. The fourth-order valence-corrected chi connectivity index (χ4v) is 1.73. The van der Waals surface area contributed by atoms with Gasteiger partial charge in [-0.3, -0.25) is 9.78 Å². The van der Waals surface area contributed by atoms with E-state index in [2.05, 4.69) is 15.6 Å². The number of anilines is 2. The summed E-state index contributed by atoms with van der Waals surface area (Å²) in [6.45, 7) is 0.774. The van der Waals surface area contributed by atoms with E-state index in [-0.39, 0.29) is 11.6 Å². The molecule has 2 N–H and O–H groups in total. The smallest absolute Gasteiger partial charge is 0.270 e. The van der Waals surface area contributed by atoms with E-state index in [1.54, 1.807) is 6.07 Å². The Balaban J connectivity index is 2.07. The van der Waals surface area contributed by atoms with Gasteiger partial charge in [0.25, 0.3) is 5.91 Å². The number of hydrogen-bond acceptors (Lipinski definition) is 4. The maximum absolute atomic E-state index is 13.2. The van der Waals surface area contributed by atoms with Crippen molar-refractivity contribution < 1.29 is 18.3 Å². The lowest BCUT2D eigenvalue weighted by atomic mass is 10.2. The molecule has 1 heterocycles. The first kappa shape index (κ1) is 15.8. The van der Waals surface area contributed by atoms with Crippen molar-refractivity contribution in [1.82, 2.24) is 10.3 Å². The van der Waals surface area contributed by atoms with Crippen LogP contribution >= 0.6 is 0 Å². The second-order valence-corrected chi connectivity index (χ2v) is 4.43. The number of nitrogens with zero attached hydrogens (tertiary/aromatic N) is 1. The van der Waals surface area contributed by atoms with E-state index < -0.39 is 11.6 Å². The van der Waals surface area contributed by atoms with Crippen molar-refractivity contribution in [3.05, 3.63) is 53.9 Å². The Morgan fingerprint density at radius 1 is 1.18 bits per heavy atom. The fraction of sp³-hybridized carbons (Fsp3) is 0.200. The lowest BCUT2D eigenvalue weighted by Crippen LogP contribution is -2.27. The first-order valence-electron chi connectivity index (χ1n) is 6.55. The molecule has 0 fully saturated rings. The number of amides is 1. The van der Waals surface area contributed by atoms with Crippen molar-refractivity contribution in [3.8, 4) is 0 Å². The molecule has 1 aromatic heterocycles. The van der Waals surface area contributed by atoms with Crippen LogP contribution in [0.4, 0.5) is 20.2 Å². The van der Waals surface area contributed by atoms with Crippen molar-refractivity contribution in [1.29, 1.82) is 0 Å².